The molecule has 2 fully saturated rings. The van der Waals surface area contributed by atoms with Crippen LogP contribution in [0.15, 0.2) is 24.3 Å². The Morgan fingerprint density at radius 2 is 2.10 bits per heavy atom. The minimum Gasteiger partial charge on any atom is -0.339 e. The van der Waals surface area contributed by atoms with Crippen LogP contribution in [0.25, 0.3) is 0 Å². The predicted octanol–water partition coefficient (Wildman–Crippen LogP) is 3.92. The summed E-state index contributed by atoms with van der Waals surface area (Å²) >= 11 is 0. The van der Waals surface area contributed by atoms with E-state index in [9.17, 15) is 9.18 Å². The number of carbonyl (C=O) groups excluding carboxylic acids is 1. The van der Waals surface area contributed by atoms with E-state index in [0.717, 1.165) is 6.42 Å². The van der Waals surface area contributed by atoms with Crippen molar-refractivity contribution in [2.24, 2.45) is 0 Å². The van der Waals surface area contributed by atoms with Gasteiger partial charge >= 0.3 is 0 Å². The zero-order chi connectivity index (χ0) is 14.2. The maximum absolute atomic E-state index is 14.1. The molecule has 0 saturated heterocycles. The fourth-order valence-electron chi connectivity index (χ4n) is 3.10. The summed E-state index contributed by atoms with van der Waals surface area (Å²) in [4.78, 5) is 13.9. The molecule has 1 amide bonds. The summed E-state index contributed by atoms with van der Waals surface area (Å²) in [5.41, 5.74) is 0.810. The number of rotatable bonds is 4. The van der Waals surface area contributed by atoms with Gasteiger partial charge in [-0.25, -0.2) is 4.39 Å². The topological polar surface area (TPSA) is 20.3 Å². The monoisotopic (exact) mass is 275 g/mol. The number of carbonyl (C=O) groups is 1. The Balaban J connectivity index is 1.69. The lowest BCUT2D eigenvalue weighted by Crippen LogP contribution is -2.45. The van der Waals surface area contributed by atoms with Gasteiger partial charge in [0.15, 0.2) is 0 Å². The van der Waals surface area contributed by atoms with Crippen molar-refractivity contribution in [3.63, 3.8) is 0 Å². The molecule has 2 aliphatic rings. The largest absolute Gasteiger partial charge is 0.339 e. The highest BCUT2D eigenvalue weighted by molar-refractivity contribution is 5.94. The molecule has 20 heavy (non-hydrogen) atoms. The molecule has 1 aromatic carbocycles. The van der Waals surface area contributed by atoms with Crippen LogP contribution in [0.1, 0.15) is 60.4 Å². The molecule has 0 N–H and O–H groups in total. The summed E-state index contributed by atoms with van der Waals surface area (Å²) in [6.45, 7) is 0.222. The number of amides is 1. The van der Waals surface area contributed by atoms with E-state index in [-0.39, 0.29) is 12.5 Å². The maximum atomic E-state index is 14.1. The fourth-order valence-corrected chi connectivity index (χ4v) is 3.10. The molecule has 108 valence electrons. The van der Waals surface area contributed by atoms with Gasteiger partial charge in [-0.15, -0.1) is 0 Å². The van der Waals surface area contributed by atoms with Gasteiger partial charge in [-0.2, -0.15) is 0 Å². The Hall–Kier alpha value is -1.38. The number of benzene rings is 1. The molecule has 2 saturated carbocycles. The number of hydrogen-bond acceptors (Lipinski definition) is 1. The molecule has 0 atom stereocenters. The second-order valence-corrected chi connectivity index (χ2v) is 6.42. The van der Waals surface area contributed by atoms with E-state index in [1.807, 2.05) is 18.2 Å². The van der Waals surface area contributed by atoms with Gasteiger partial charge in [0.05, 0.1) is 6.54 Å². The van der Waals surface area contributed by atoms with Gasteiger partial charge in [0, 0.05) is 12.6 Å². The fraction of sp³-hybridized carbons (Fsp3) is 0.588. The summed E-state index contributed by atoms with van der Waals surface area (Å²) in [5, 5.41) is 0. The molecule has 2 nitrogen and oxygen atoms in total. The summed E-state index contributed by atoms with van der Waals surface area (Å²) in [6, 6.07) is 7.88. The van der Waals surface area contributed by atoms with Crippen LogP contribution in [-0.4, -0.2) is 30.1 Å². The highest BCUT2D eigenvalue weighted by Crippen LogP contribution is 2.37. The molecule has 0 heterocycles. The lowest BCUT2D eigenvalue weighted by Gasteiger charge is -2.37. The molecule has 0 aromatic heterocycles. The maximum Gasteiger partial charge on any atom is 0.253 e. The molecular weight excluding hydrogens is 253 g/mol. The summed E-state index contributed by atoms with van der Waals surface area (Å²) < 4.78 is 14.1. The standard InChI is InChI=1S/C17H22FNO/c1-19(12-17(18)9-4-10-17)16(20)15-8-3-7-14(11-15)13-5-2-6-13/h3,7-8,11,13H,2,4-6,9-10,12H2,1H3. The van der Waals surface area contributed by atoms with Gasteiger partial charge in [0.1, 0.15) is 5.67 Å². The van der Waals surface area contributed by atoms with Crippen LogP contribution >= 0.6 is 0 Å². The average molecular weight is 275 g/mol. The van der Waals surface area contributed by atoms with E-state index in [1.165, 1.54) is 24.8 Å². The third-order valence-corrected chi connectivity index (χ3v) is 4.83. The molecule has 3 heteroatoms. The van der Waals surface area contributed by atoms with Crippen LogP contribution in [0.2, 0.25) is 0 Å². The number of halogens is 1. The number of alkyl halides is 1. The highest BCUT2D eigenvalue weighted by Gasteiger charge is 2.39. The minimum absolute atomic E-state index is 0.0601. The first-order valence-electron chi connectivity index (χ1n) is 7.62. The Bertz CT molecular complexity index is 505. The first-order valence-corrected chi connectivity index (χ1v) is 7.62. The Morgan fingerprint density at radius 3 is 2.65 bits per heavy atom. The van der Waals surface area contributed by atoms with Crippen LogP contribution in [0, 0.1) is 0 Å². The van der Waals surface area contributed by atoms with Crippen molar-refractivity contribution in [2.45, 2.75) is 50.1 Å². The molecule has 0 unspecified atom stereocenters. The number of hydrogen-bond donors (Lipinski definition) is 0. The van der Waals surface area contributed by atoms with E-state index in [0.29, 0.717) is 24.3 Å². The van der Waals surface area contributed by atoms with Crippen molar-refractivity contribution >= 4 is 5.91 Å². The van der Waals surface area contributed by atoms with Gasteiger partial charge in [0.25, 0.3) is 5.91 Å². The Morgan fingerprint density at radius 1 is 1.35 bits per heavy atom. The molecule has 1 aromatic rings. The van der Waals surface area contributed by atoms with Crippen molar-refractivity contribution in [2.75, 3.05) is 13.6 Å². The first-order chi connectivity index (χ1) is 9.57. The first kappa shape index (κ1) is 13.6. The third-order valence-electron chi connectivity index (χ3n) is 4.83. The molecule has 3 rings (SSSR count). The van der Waals surface area contributed by atoms with Gasteiger partial charge < -0.3 is 4.90 Å². The van der Waals surface area contributed by atoms with E-state index < -0.39 is 5.67 Å². The van der Waals surface area contributed by atoms with Crippen molar-refractivity contribution in [3.05, 3.63) is 35.4 Å². The summed E-state index contributed by atoms with van der Waals surface area (Å²) in [6.07, 6.45) is 5.85. The zero-order valence-corrected chi connectivity index (χ0v) is 12.1. The van der Waals surface area contributed by atoms with E-state index in [1.54, 1.807) is 11.9 Å². The van der Waals surface area contributed by atoms with Crippen LogP contribution in [-0.2, 0) is 0 Å². The van der Waals surface area contributed by atoms with Crippen molar-refractivity contribution in [1.29, 1.82) is 0 Å². The van der Waals surface area contributed by atoms with E-state index in [4.69, 9.17) is 0 Å². The average Bonchev–Trinajstić information content (AvgIpc) is 2.34. The lowest BCUT2D eigenvalue weighted by molar-refractivity contribution is 0.0253. The Kier molecular flexibility index (Phi) is 3.53. The molecule has 0 radical (unpaired) electrons. The predicted molar refractivity (Wildman–Crippen MR) is 77.7 cm³/mol. The third kappa shape index (κ3) is 2.58. The van der Waals surface area contributed by atoms with Gasteiger partial charge in [0.2, 0.25) is 0 Å². The van der Waals surface area contributed by atoms with Gasteiger partial charge in [-0.1, -0.05) is 18.6 Å². The normalized spacial score (nSPS) is 20.9. The highest BCUT2D eigenvalue weighted by atomic mass is 19.1. The van der Waals surface area contributed by atoms with Crippen LogP contribution < -0.4 is 0 Å². The second-order valence-electron chi connectivity index (χ2n) is 6.42. The van der Waals surface area contributed by atoms with Crippen molar-refractivity contribution < 1.29 is 9.18 Å². The van der Waals surface area contributed by atoms with E-state index >= 15 is 0 Å². The van der Waals surface area contributed by atoms with Crippen LogP contribution in [0.5, 0.6) is 0 Å². The molecule has 0 spiro atoms. The second kappa shape index (κ2) is 5.19. The molecule has 0 aliphatic heterocycles. The molecular formula is C17H22FNO. The Labute approximate surface area is 120 Å². The molecule has 2 aliphatic carbocycles. The van der Waals surface area contributed by atoms with Crippen LogP contribution in [0.3, 0.4) is 0 Å². The number of nitrogens with zero attached hydrogens (tertiary/aromatic N) is 1. The van der Waals surface area contributed by atoms with Gasteiger partial charge in [-0.3, -0.25) is 4.79 Å². The van der Waals surface area contributed by atoms with Crippen LogP contribution in [0.4, 0.5) is 4.39 Å². The van der Waals surface area contributed by atoms with Crippen molar-refractivity contribution in [1.82, 2.24) is 4.90 Å². The quantitative estimate of drug-likeness (QED) is 0.815. The molecule has 0 bridgehead atoms. The van der Waals surface area contributed by atoms with Crippen molar-refractivity contribution in [3.8, 4) is 0 Å². The minimum atomic E-state index is -1.14. The van der Waals surface area contributed by atoms with Gasteiger partial charge in [-0.05, 0) is 55.7 Å². The van der Waals surface area contributed by atoms with E-state index in [2.05, 4.69) is 6.07 Å². The zero-order valence-electron chi connectivity index (χ0n) is 12.1. The lowest BCUT2D eigenvalue weighted by atomic mass is 9.79. The smallest absolute Gasteiger partial charge is 0.253 e. The SMILES string of the molecule is CN(CC1(F)CCC1)C(=O)c1cccc(C2CCC2)c1. The summed E-state index contributed by atoms with van der Waals surface area (Å²) in [7, 11) is 1.71. The summed E-state index contributed by atoms with van der Waals surface area (Å²) in [5.74, 6) is 0.558.